The van der Waals surface area contributed by atoms with Crippen molar-refractivity contribution in [2.24, 2.45) is 13.0 Å². The van der Waals surface area contributed by atoms with Crippen LogP contribution in [0.4, 0.5) is 5.69 Å². The molecule has 31 heavy (non-hydrogen) atoms. The van der Waals surface area contributed by atoms with Gasteiger partial charge in [-0.2, -0.15) is 4.31 Å². The van der Waals surface area contributed by atoms with Gasteiger partial charge >= 0.3 is 0 Å². The van der Waals surface area contributed by atoms with Crippen molar-refractivity contribution in [3.63, 3.8) is 0 Å². The van der Waals surface area contributed by atoms with E-state index in [-0.39, 0.29) is 16.5 Å². The number of rotatable bonds is 7. The van der Waals surface area contributed by atoms with Crippen LogP contribution in [0.3, 0.4) is 0 Å². The maximum Gasteiger partial charge on any atom is 0.272 e. The Hall–Kier alpha value is -2.65. The molecule has 3 rings (SSSR count). The maximum atomic E-state index is 12.9. The average Bonchev–Trinajstić information content (AvgIpc) is 3.15. The van der Waals surface area contributed by atoms with Gasteiger partial charge < -0.3 is 15.2 Å². The summed E-state index contributed by atoms with van der Waals surface area (Å²) in [5.41, 5.74) is 0.926. The molecule has 2 aromatic rings. The molecule has 0 saturated carbocycles. The molecule has 0 aliphatic carbocycles. The lowest BCUT2D eigenvalue weighted by Crippen LogP contribution is -2.35. The number of nitrogens with one attached hydrogen (secondary N) is 2. The molecule has 0 atom stereocenters. The van der Waals surface area contributed by atoms with Gasteiger partial charge in [0.15, 0.2) is 0 Å². The first kappa shape index (κ1) is 23.0. The molecule has 2 amide bonds. The second-order valence-corrected chi connectivity index (χ2v) is 10.2. The number of piperidine rings is 1. The topological polar surface area (TPSA) is 101 Å². The van der Waals surface area contributed by atoms with Crippen molar-refractivity contribution in [1.82, 2.24) is 14.2 Å². The molecule has 2 heterocycles. The van der Waals surface area contributed by atoms with E-state index in [1.54, 1.807) is 31.3 Å². The van der Waals surface area contributed by atoms with Crippen molar-refractivity contribution in [2.75, 3.05) is 25.0 Å². The van der Waals surface area contributed by atoms with E-state index in [0.717, 1.165) is 19.3 Å². The number of amides is 2. The van der Waals surface area contributed by atoms with E-state index in [0.29, 0.717) is 36.8 Å². The Kier molecular flexibility index (Phi) is 7.17. The zero-order valence-electron chi connectivity index (χ0n) is 18.2. The van der Waals surface area contributed by atoms with Crippen LogP contribution in [0.25, 0.3) is 0 Å². The van der Waals surface area contributed by atoms with E-state index in [1.165, 1.54) is 21.1 Å². The van der Waals surface area contributed by atoms with Gasteiger partial charge in [-0.05, 0) is 37.0 Å². The van der Waals surface area contributed by atoms with Crippen molar-refractivity contribution >= 4 is 27.5 Å². The van der Waals surface area contributed by atoms with Crippen LogP contribution in [0.2, 0.25) is 0 Å². The molecule has 1 aliphatic heterocycles. The summed E-state index contributed by atoms with van der Waals surface area (Å²) < 4.78 is 28.8. The standard InChI is InChI=1S/C22H30N4O4S/c1-16(2)14-23-21(27)18-9-5-6-10-19(18)24-22(28)20-13-17(15-25(20)3)31(29,30)26-11-7-4-8-12-26/h5-6,9-10,13,15-16H,4,7-8,11-12,14H2,1-3H3,(H,23,27)(H,24,28). The van der Waals surface area contributed by atoms with Crippen LogP contribution in [0.1, 0.15) is 54.0 Å². The number of hydrogen-bond acceptors (Lipinski definition) is 4. The highest BCUT2D eigenvalue weighted by Crippen LogP contribution is 2.23. The number of para-hydroxylation sites is 1. The number of sulfonamides is 1. The quantitative estimate of drug-likeness (QED) is 0.683. The SMILES string of the molecule is CC(C)CNC(=O)c1ccccc1NC(=O)c1cc(S(=O)(=O)N2CCCCC2)cn1C. The molecule has 0 spiro atoms. The predicted octanol–water partition coefficient (Wildman–Crippen LogP) is 2.84. The van der Waals surface area contributed by atoms with Crippen LogP contribution in [-0.2, 0) is 17.1 Å². The third-order valence-electron chi connectivity index (χ3n) is 5.26. The number of hydrogen-bond donors (Lipinski definition) is 2. The molecule has 9 heteroatoms. The maximum absolute atomic E-state index is 12.9. The van der Waals surface area contributed by atoms with Crippen LogP contribution >= 0.6 is 0 Å². The molecule has 0 radical (unpaired) electrons. The van der Waals surface area contributed by atoms with E-state index in [9.17, 15) is 18.0 Å². The highest BCUT2D eigenvalue weighted by molar-refractivity contribution is 7.89. The third-order valence-corrected chi connectivity index (χ3v) is 7.12. The Morgan fingerprint density at radius 2 is 1.74 bits per heavy atom. The second kappa shape index (κ2) is 9.65. The number of anilines is 1. The highest BCUT2D eigenvalue weighted by Gasteiger charge is 2.28. The van der Waals surface area contributed by atoms with Crippen LogP contribution < -0.4 is 10.6 Å². The summed E-state index contributed by atoms with van der Waals surface area (Å²) in [5, 5.41) is 5.59. The zero-order valence-corrected chi connectivity index (χ0v) is 19.0. The molecule has 1 fully saturated rings. The van der Waals surface area contributed by atoms with Crippen LogP contribution in [-0.4, -0.2) is 48.7 Å². The van der Waals surface area contributed by atoms with E-state index >= 15 is 0 Å². The predicted molar refractivity (Wildman–Crippen MR) is 120 cm³/mol. The Morgan fingerprint density at radius 3 is 2.42 bits per heavy atom. The van der Waals surface area contributed by atoms with Crippen molar-refractivity contribution in [3.05, 3.63) is 47.8 Å². The van der Waals surface area contributed by atoms with Gasteiger partial charge in [0, 0.05) is 32.9 Å². The molecule has 1 saturated heterocycles. The van der Waals surface area contributed by atoms with Crippen molar-refractivity contribution in [1.29, 1.82) is 0 Å². The number of carbonyl (C=O) groups excluding carboxylic acids is 2. The van der Waals surface area contributed by atoms with Crippen molar-refractivity contribution < 1.29 is 18.0 Å². The minimum atomic E-state index is -3.64. The molecule has 8 nitrogen and oxygen atoms in total. The number of benzene rings is 1. The number of carbonyl (C=O) groups is 2. The first-order valence-corrected chi connectivity index (χ1v) is 12.0. The fourth-order valence-corrected chi connectivity index (χ4v) is 5.11. The molecule has 0 unspecified atom stereocenters. The van der Waals surface area contributed by atoms with E-state index in [4.69, 9.17) is 0 Å². The molecular weight excluding hydrogens is 416 g/mol. The number of nitrogens with zero attached hydrogens (tertiary/aromatic N) is 2. The van der Waals surface area contributed by atoms with Crippen LogP contribution in [0.15, 0.2) is 41.4 Å². The minimum absolute atomic E-state index is 0.102. The lowest BCUT2D eigenvalue weighted by Gasteiger charge is -2.25. The summed E-state index contributed by atoms with van der Waals surface area (Å²) in [4.78, 5) is 25.5. The molecular formula is C22H30N4O4S. The largest absolute Gasteiger partial charge is 0.352 e. The fourth-order valence-electron chi connectivity index (χ4n) is 3.52. The monoisotopic (exact) mass is 446 g/mol. The smallest absolute Gasteiger partial charge is 0.272 e. The van der Waals surface area contributed by atoms with Gasteiger partial charge in [0.1, 0.15) is 10.6 Å². The summed E-state index contributed by atoms with van der Waals surface area (Å²) >= 11 is 0. The van der Waals surface area contributed by atoms with Gasteiger partial charge in [0.2, 0.25) is 10.0 Å². The summed E-state index contributed by atoms with van der Waals surface area (Å²) in [6, 6.07) is 8.14. The van der Waals surface area contributed by atoms with Gasteiger partial charge in [0.25, 0.3) is 11.8 Å². The zero-order chi connectivity index (χ0) is 22.6. The lowest BCUT2D eigenvalue weighted by molar-refractivity contribution is 0.0950. The Bertz CT molecular complexity index is 1050. The minimum Gasteiger partial charge on any atom is -0.352 e. The van der Waals surface area contributed by atoms with E-state index in [1.807, 2.05) is 13.8 Å². The highest BCUT2D eigenvalue weighted by atomic mass is 32.2. The fraction of sp³-hybridized carbons (Fsp3) is 0.455. The molecule has 1 aromatic heterocycles. The van der Waals surface area contributed by atoms with Crippen LogP contribution in [0, 0.1) is 5.92 Å². The van der Waals surface area contributed by atoms with Gasteiger partial charge in [0.05, 0.1) is 11.3 Å². The summed E-state index contributed by atoms with van der Waals surface area (Å²) in [7, 11) is -2.01. The van der Waals surface area contributed by atoms with E-state index in [2.05, 4.69) is 10.6 Å². The van der Waals surface area contributed by atoms with E-state index < -0.39 is 15.9 Å². The molecule has 1 aromatic carbocycles. The average molecular weight is 447 g/mol. The number of aryl methyl sites for hydroxylation is 1. The number of aromatic nitrogens is 1. The Balaban J connectivity index is 1.80. The second-order valence-electron chi connectivity index (χ2n) is 8.24. The van der Waals surface area contributed by atoms with Gasteiger partial charge in [-0.15, -0.1) is 0 Å². The van der Waals surface area contributed by atoms with Gasteiger partial charge in [-0.3, -0.25) is 9.59 Å². The third kappa shape index (κ3) is 5.34. The van der Waals surface area contributed by atoms with Crippen molar-refractivity contribution in [2.45, 2.75) is 38.0 Å². The summed E-state index contributed by atoms with van der Waals surface area (Å²) in [6.45, 7) is 5.52. The van der Waals surface area contributed by atoms with Gasteiger partial charge in [-0.1, -0.05) is 32.4 Å². The summed E-state index contributed by atoms with van der Waals surface area (Å²) in [6.07, 6.45) is 4.17. The normalized spacial score (nSPS) is 15.1. The van der Waals surface area contributed by atoms with Crippen LogP contribution in [0.5, 0.6) is 0 Å². The first-order valence-electron chi connectivity index (χ1n) is 10.5. The first-order chi connectivity index (χ1) is 14.7. The van der Waals surface area contributed by atoms with Crippen molar-refractivity contribution in [3.8, 4) is 0 Å². The van der Waals surface area contributed by atoms with Gasteiger partial charge in [-0.25, -0.2) is 8.42 Å². The molecule has 1 aliphatic rings. The molecule has 0 bridgehead atoms. The molecule has 2 N–H and O–H groups in total. The Morgan fingerprint density at radius 1 is 1.06 bits per heavy atom. The summed E-state index contributed by atoms with van der Waals surface area (Å²) in [5.74, 6) is -0.453. The Labute approximate surface area is 183 Å². The molecule has 168 valence electrons. The lowest BCUT2D eigenvalue weighted by atomic mass is 10.1.